The van der Waals surface area contributed by atoms with Gasteiger partial charge in [-0.3, -0.25) is 38.4 Å². The van der Waals surface area contributed by atoms with Crippen molar-refractivity contribution in [1.82, 2.24) is 42.5 Å². The monoisotopic (exact) mass is 1070 g/mol. The zero-order valence-electron chi connectivity index (χ0n) is 41.1. The minimum atomic E-state index is -1.76. The number of carbonyl (C=O) groups is 13. The number of rotatable bonds is 35. The Labute approximate surface area is 429 Å². The van der Waals surface area contributed by atoms with Crippen LogP contribution in [0.3, 0.4) is 0 Å². The van der Waals surface area contributed by atoms with Crippen molar-refractivity contribution in [3.63, 3.8) is 0 Å². The van der Waals surface area contributed by atoms with Gasteiger partial charge in [0.1, 0.15) is 42.3 Å². The fraction of sp³-hybridized carbons (Fsp3) is 0.578. The van der Waals surface area contributed by atoms with Crippen molar-refractivity contribution in [3.05, 3.63) is 35.9 Å². The molecule has 1 aromatic rings. The minimum absolute atomic E-state index is 0.0758. The molecule has 0 fully saturated rings. The summed E-state index contributed by atoms with van der Waals surface area (Å²) in [5, 5.41) is 74.3. The van der Waals surface area contributed by atoms with E-state index in [0.29, 0.717) is 12.0 Å². The standard InChI is InChI=1S/C45H67N9O19S/c1-44(2,16-17-45(3,4)54-32(56)14-11-26(40(67)68)52-43(73)53-27(41(69)70)12-15-34(58)59)20-33(57)48-28(18-23-8-6-5-7-9-23)37(63)49-25(39(65)66)10-13-31(55)47-21-24(46)36(62)50-29(19-35(60)61)38(64)51-30(22-74)42(71)72/h5-9,24-30,74H,10-22,46H2,1-4H3,(H,47,55)(H,48,57)(H,49,63)(H,50,62)(H,51,64)(H,54,56)(H,58,59)(H,60,61)(H,65,66)(H,67,68)(H,69,70)(H,71,72)(H2,52,53,73)/t24-,25-,26-,27-,28-,29-,30-/m0/s1. The van der Waals surface area contributed by atoms with Gasteiger partial charge in [0.2, 0.25) is 35.4 Å². The van der Waals surface area contributed by atoms with Gasteiger partial charge in [-0.05, 0) is 56.9 Å². The molecule has 1 aromatic carbocycles. The number of nitrogens with one attached hydrogen (secondary N) is 8. The molecular weight excluding hydrogens is 1000 g/mol. The molecule has 0 aliphatic carbocycles. The SMILES string of the molecule is CC(C)(CCC(C)(C)NC(=O)CC[C@H](NC(=O)N[C@@H](CCC(=O)O)C(=O)O)C(=O)O)CC(=O)N[C@@H](Cc1ccccc1)C(=O)N[C@@H](CCC(=O)NC[C@H](N)C(=O)N[C@@H](CC(=O)O)C(=O)N[C@@H](CS)C(=O)O)C(=O)O. The Kier molecular flexibility index (Phi) is 27.1. The first-order valence-corrected chi connectivity index (χ1v) is 23.6. The van der Waals surface area contributed by atoms with E-state index in [4.69, 9.17) is 15.9 Å². The average molecular weight is 1070 g/mol. The first-order chi connectivity index (χ1) is 34.3. The van der Waals surface area contributed by atoms with Crippen LogP contribution in [0.15, 0.2) is 30.3 Å². The van der Waals surface area contributed by atoms with Crippen LogP contribution in [0.4, 0.5) is 4.79 Å². The van der Waals surface area contributed by atoms with Gasteiger partial charge in [0.25, 0.3) is 0 Å². The maximum atomic E-state index is 13.7. The van der Waals surface area contributed by atoms with Crippen LogP contribution in [-0.2, 0) is 64.0 Å². The topological polar surface area (TPSA) is 466 Å². The smallest absolute Gasteiger partial charge is 0.327 e. The predicted octanol–water partition coefficient (Wildman–Crippen LogP) is -2.09. The Morgan fingerprint density at radius 3 is 1.51 bits per heavy atom. The molecule has 0 aliphatic rings. The van der Waals surface area contributed by atoms with E-state index in [1.165, 1.54) is 0 Å². The molecule has 0 saturated carbocycles. The number of amides is 8. The van der Waals surface area contributed by atoms with E-state index in [1.54, 1.807) is 58.0 Å². The Bertz CT molecular complexity index is 2200. The van der Waals surface area contributed by atoms with E-state index in [0.717, 1.165) is 0 Å². The molecule has 74 heavy (non-hydrogen) atoms. The van der Waals surface area contributed by atoms with Crippen molar-refractivity contribution in [2.75, 3.05) is 12.3 Å². The van der Waals surface area contributed by atoms with Crippen LogP contribution in [0.1, 0.15) is 97.5 Å². The molecule has 0 aromatic heterocycles. The van der Waals surface area contributed by atoms with E-state index in [9.17, 15) is 82.8 Å². The van der Waals surface area contributed by atoms with Gasteiger partial charge < -0.3 is 78.9 Å². The van der Waals surface area contributed by atoms with Gasteiger partial charge in [0, 0.05) is 49.9 Å². The van der Waals surface area contributed by atoms with Gasteiger partial charge in [-0.15, -0.1) is 0 Å². The maximum Gasteiger partial charge on any atom is 0.327 e. The summed E-state index contributed by atoms with van der Waals surface area (Å²) in [6.07, 6.45) is -3.40. The summed E-state index contributed by atoms with van der Waals surface area (Å²) < 4.78 is 0. The molecular formula is C45H67N9O19S. The first kappa shape index (κ1) is 64.5. The van der Waals surface area contributed by atoms with Gasteiger partial charge in [0.15, 0.2) is 0 Å². The molecule has 16 N–H and O–H groups in total. The van der Waals surface area contributed by atoms with Gasteiger partial charge in [-0.25, -0.2) is 24.0 Å². The molecule has 0 unspecified atom stereocenters. The lowest BCUT2D eigenvalue weighted by Crippen LogP contribution is -2.57. The molecule has 29 heteroatoms. The van der Waals surface area contributed by atoms with Crippen LogP contribution < -0.4 is 48.3 Å². The second-order valence-electron chi connectivity index (χ2n) is 18.5. The quantitative estimate of drug-likeness (QED) is 0.0324. The van der Waals surface area contributed by atoms with Gasteiger partial charge >= 0.3 is 41.8 Å². The molecule has 412 valence electrons. The summed E-state index contributed by atoms with van der Waals surface area (Å²) in [5.74, 6) is -14.4. The van der Waals surface area contributed by atoms with Crippen LogP contribution in [0.2, 0.25) is 0 Å². The summed E-state index contributed by atoms with van der Waals surface area (Å²) >= 11 is 3.80. The van der Waals surface area contributed by atoms with Gasteiger partial charge in [-0.1, -0.05) is 44.2 Å². The van der Waals surface area contributed by atoms with E-state index in [2.05, 4.69) is 44.5 Å². The summed E-state index contributed by atoms with van der Waals surface area (Å²) in [4.78, 5) is 159. The molecule has 0 heterocycles. The van der Waals surface area contributed by atoms with Gasteiger partial charge in [-0.2, -0.15) is 12.6 Å². The van der Waals surface area contributed by atoms with Crippen molar-refractivity contribution >= 4 is 89.9 Å². The molecule has 7 atom stereocenters. The highest BCUT2D eigenvalue weighted by Crippen LogP contribution is 2.30. The molecule has 0 radical (unpaired) electrons. The highest BCUT2D eigenvalue weighted by atomic mass is 32.1. The second-order valence-corrected chi connectivity index (χ2v) is 18.9. The predicted molar refractivity (Wildman–Crippen MR) is 260 cm³/mol. The van der Waals surface area contributed by atoms with Crippen molar-refractivity contribution in [3.8, 4) is 0 Å². The largest absolute Gasteiger partial charge is 0.481 e. The molecule has 1 rings (SSSR count). The Morgan fingerprint density at radius 1 is 0.541 bits per heavy atom. The normalized spacial score (nSPS) is 14.1. The zero-order valence-corrected chi connectivity index (χ0v) is 42.0. The lowest BCUT2D eigenvalue weighted by molar-refractivity contribution is -0.143. The van der Waals surface area contributed by atoms with Crippen LogP contribution in [0, 0.1) is 5.41 Å². The van der Waals surface area contributed by atoms with E-state index < -0.39 is 176 Å². The molecule has 0 saturated heterocycles. The maximum absolute atomic E-state index is 13.7. The minimum Gasteiger partial charge on any atom is -0.481 e. The number of thiol groups is 1. The fourth-order valence-electron chi connectivity index (χ4n) is 6.73. The Morgan fingerprint density at radius 2 is 1.01 bits per heavy atom. The number of benzene rings is 1. The fourth-order valence-corrected chi connectivity index (χ4v) is 6.97. The molecule has 0 bridgehead atoms. The van der Waals surface area contributed by atoms with Crippen molar-refractivity contribution in [2.24, 2.45) is 11.1 Å². The summed E-state index contributed by atoms with van der Waals surface area (Å²) in [7, 11) is 0. The molecule has 28 nitrogen and oxygen atoms in total. The lowest BCUT2D eigenvalue weighted by Gasteiger charge is -2.32. The number of hydrogen-bond donors (Lipinski definition) is 16. The van der Waals surface area contributed by atoms with E-state index >= 15 is 0 Å². The Hall–Kier alpha value is -7.56. The summed E-state index contributed by atoms with van der Waals surface area (Å²) in [6.45, 7) is 6.30. The molecule has 8 amide bonds. The van der Waals surface area contributed by atoms with Crippen LogP contribution in [0.5, 0.6) is 0 Å². The number of aliphatic carboxylic acids is 6. The summed E-state index contributed by atoms with van der Waals surface area (Å²) in [5.41, 5.74) is 4.74. The van der Waals surface area contributed by atoms with Crippen LogP contribution in [0.25, 0.3) is 0 Å². The highest BCUT2D eigenvalue weighted by molar-refractivity contribution is 7.80. The van der Waals surface area contributed by atoms with Crippen molar-refractivity contribution < 1.29 is 93.0 Å². The zero-order chi connectivity index (χ0) is 56.5. The van der Waals surface area contributed by atoms with Crippen molar-refractivity contribution in [1.29, 1.82) is 0 Å². The highest BCUT2D eigenvalue weighted by Gasteiger charge is 2.33. The number of urea groups is 1. The van der Waals surface area contributed by atoms with Crippen LogP contribution >= 0.6 is 12.6 Å². The first-order valence-electron chi connectivity index (χ1n) is 23.0. The van der Waals surface area contributed by atoms with Gasteiger partial charge in [0.05, 0.1) is 6.42 Å². The molecule has 0 spiro atoms. The second kappa shape index (κ2) is 31.1. The third-order valence-electron chi connectivity index (χ3n) is 10.9. The molecule has 0 aliphatic heterocycles. The number of nitrogens with two attached hydrogens (primary N) is 1. The lowest BCUT2D eigenvalue weighted by atomic mass is 9.80. The number of carbonyl (C=O) groups excluding carboxylic acids is 7. The number of hydrogen-bond acceptors (Lipinski definition) is 15. The third-order valence-corrected chi connectivity index (χ3v) is 11.3. The third kappa shape index (κ3) is 26.2. The number of carboxylic acid groups (broad SMARTS) is 6. The van der Waals surface area contributed by atoms with E-state index in [-0.39, 0.29) is 31.4 Å². The van der Waals surface area contributed by atoms with Crippen molar-refractivity contribution in [2.45, 2.75) is 146 Å². The summed E-state index contributed by atoms with van der Waals surface area (Å²) in [6, 6.07) is -3.79. The average Bonchev–Trinajstić information content (AvgIpc) is 3.29. The van der Waals surface area contributed by atoms with E-state index in [1.807, 2.05) is 10.6 Å². The Balaban J connectivity index is 2.91. The van der Waals surface area contributed by atoms with Crippen LogP contribution in [-0.4, -0.2) is 168 Å². The number of carboxylic acids is 6.